The van der Waals surface area contributed by atoms with Crippen LogP contribution in [0, 0.1) is 0 Å². The molecule has 2 aromatic rings. The molecule has 7 nitrogen and oxygen atoms in total. The van der Waals surface area contributed by atoms with Gasteiger partial charge in [0, 0.05) is 31.5 Å². The molecular weight excluding hydrogens is 348 g/mol. The number of nitrogens with zero attached hydrogens (tertiary/aromatic N) is 1. The number of hydrogen-bond acceptors (Lipinski definition) is 5. The summed E-state index contributed by atoms with van der Waals surface area (Å²) in [6.45, 7) is 1.73. The number of rotatable bonds is 4. The second-order valence-corrected chi connectivity index (χ2v) is 6.77. The highest BCUT2D eigenvalue weighted by Gasteiger charge is 2.26. The maximum atomic E-state index is 12.7. The van der Waals surface area contributed by atoms with Crippen LogP contribution in [-0.2, 0) is 22.5 Å². The van der Waals surface area contributed by atoms with Crippen LogP contribution in [0.15, 0.2) is 34.7 Å². The molecule has 1 atom stereocenters. The van der Waals surface area contributed by atoms with Crippen LogP contribution in [0.4, 0.5) is 5.69 Å². The number of carbonyl (C=O) groups is 2. The Bertz CT molecular complexity index is 854. The van der Waals surface area contributed by atoms with Crippen LogP contribution in [0.1, 0.15) is 34.5 Å². The highest BCUT2D eigenvalue weighted by molar-refractivity contribution is 5.94. The monoisotopic (exact) mass is 370 g/mol. The first kappa shape index (κ1) is 17.6. The average Bonchev–Trinajstić information content (AvgIpc) is 3.38. The molecule has 0 saturated carbocycles. The molecule has 7 heteroatoms. The van der Waals surface area contributed by atoms with E-state index in [0.717, 1.165) is 30.5 Å². The molecule has 0 radical (unpaired) electrons. The number of benzene rings is 1. The van der Waals surface area contributed by atoms with Gasteiger partial charge in [-0.3, -0.25) is 9.59 Å². The van der Waals surface area contributed by atoms with Crippen molar-refractivity contribution < 1.29 is 23.5 Å². The zero-order valence-corrected chi connectivity index (χ0v) is 15.2. The molecule has 1 fully saturated rings. The normalized spacial score (nSPS) is 18.9. The molecule has 2 aliphatic rings. The topological polar surface area (TPSA) is 81.0 Å². The van der Waals surface area contributed by atoms with Crippen LogP contribution >= 0.6 is 0 Å². The molecule has 1 unspecified atom stereocenters. The third-order valence-corrected chi connectivity index (χ3v) is 4.99. The standard InChI is InChI=1S/C20H22N2O5/c1-25-18-7-6-17(27-18)20(24)22-9-8-13-4-5-15(11-14(13)12-22)21-19(23)16-3-2-10-26-16/h4-7,11,16H,2-3,8-10,12H2,1H3,(H,21,23). The predicted molar refractivity (Wildman–Crippen MR) is 97.8 cm³/mol. The van der Waals surface area contributed by atoms with Gasteiger partial charge in [-0.05, 0) is 48.6 Å². The average molecular weight is 370 g/mol. The summed E-state index contributed by atoms with van der Waals surface area (Å²) in [5, 5.41) is 2.92. The Morgan fingerprint density at radius 2 is 2.11 bits per heavy atom. The van der Waals surface area contributed by atoms with E-state index in [-0.39, 0.29) is 23.7 Å². The van der Waals surface area contributed by atoms with Crippen molar-refractivity contribution in [3.8, 4) is 5.95 Å². The predicted octanol–water partition coefficient (Wildman–Crippen LogP) is 2.60. The van der Waals surface area contributed by atoms with Gasteiger partial charge in [-0.2, -0.15) is 0 Å². The lowest BCUT2D eigenvalue weighted by molar-refractivity contribution is -0.124. The molecule has 0 aliphatic carbocycles. The van der Waals surface area contributed by atoms with Crippen LogP contribution in [-0.4, -0.2) is 43.1 Å². The van der Waals surface area contributed by atoms with Gasteiger partial charge in [0.1, 0.15) is 6.10 Å². The molecule has 27 heavy (non-hydrogen) atoms. The fourth-order valence-electron chi connectivity index (χ4n) is 3.52. The quantitative estimate of drug-likeness (QED) is 0.895. The number of amides is 2. The summed E-state index contributed by atoms with van der Waals surface area (Å²) in [6, 6.07) is 9.10. The SMILES string of the molecule is COc1ccc(C(=O)N2CCc3ccc(NC(=O)C4CCCO4)cc3C2)o1. The maximum absolute atomic E-state index is 12.7. The maximum Gasteiger partial charge on any atom is 0.290 e. The lowest BCUT2D eigenvalue weighted by Crippen LogP contribution is -2.36. The second-order valence-electron chi connectivity index (χ2n) is 6.77. The largest absolute Gasteiger partial charge is 0.468 e. The Balaban J connectivity index is 1.46. The number of carbonyl (C=O) groups excluding carboxylic acids is 2. The number of nitrogens with one attached hydrogen (secondary N) is 1. The number of anilines is 1. The highest BCUT2D eigenvalue weighted by atomic mass is 16.6. The molecular formula is C20H22N2O5. The lowest BCUT2D eigenvalue weighted by atomic mass is 9.98. The van der Waals surface area contributed by atoms with Gasteiger partial charge >= 0.3 is 0 Å². The summed E-state index contributed by atoms with van der Waals surface area (Å²) >= 11 is 0. The molecule has 0 spiro atoms. The van der Waals surface area contributed by atoms with Crippen LogP contribution in [0.3, 0.4) is 0 Å². The third kappa shape index (κ3) is 3.68. The number of fused-ring (bicyclic) bond motifs is 1. The van der Waals surface area contributed by atoms with Crippen LogP contribution in [0.2, 0.25) is 0 Å². The van der Waals surface area contributed by atoms with Crippen molar-refractivity contribution in [3.05, 3.63) is 47.2 Å². The Morgan fingerprint density at radius 1 is 1.22 bits per heavy atom. The van der Waals surface area contributed by atoms with Gasteiger partial charge in [-0.25, -0.2) is 0 Å². The van der Waals surface area contributed by atoms with E-state index in [1.54, 1.807) is 17.0 Å². The zero-order chi connectivity index (χ0) is 18.8. The first-order valence-corrected chi connectivity index (χ1v) is 9.11. The Labute approximate surface area is 157 Å². The molecule has 0 bridgehead atoms. The molecule has 2 aliphatic heterocycles. The smallest absolute Gasteiger partial charge is 0.290 e. The first-order valence-electron chi connectivity index (χ1n) is 9.11. The molecule has 1 aromatic heterocycles. The van der Waals surface area contributed by atoms with E-state index >= 15 is 0 Å². The van der Waals surface area contributed by atoms with Gasteiger partial charge in [0.2, 0.25) is 0 Å². The van der Waals surface area contributed by atoms with Gasteiger partial charge in [0.25, 0.3) is 17.8 Å². The van der Waals surface area contributed by atoms with Crippen molar-refractivity contribution in [1.82, 2.24) is 4.90 Å². The first-order chi connectivity index (χ1) is 13.1. The van der Waals surface area contributed by atoms with Gasteiger partial charge in [0.05, 0.1) is 7.11 Å². The minimum absolute atomic E-state index is 0.112. The van der Waals surface area contributed by atoms with Gasteiger partial charge in [-0.1, -0.05) is 6.07 Å². The number of ether oxygens (including phenoxy) is 2. The number of methoxy groups -OCH3 is 1. The third-order valence-electron chi connectivity index (χ3n) is 4.99. The van der Waals surface area contributed by atoms with E-state index in [4.69, 9.17) is 13.9 Å². The van der Waals surface area contributed by atoms with Crippen molar-refractivity contribution in [2.24, 2.45) is 0 Å². The lowest BCUT2D eigenvalue weighted by Gasteiger charge is -2.28. The number of hydrogen-bond donors (Lipinski definition) is 1. The highest BCUT2D eigenvalue weighted by Crippen LogP contribution is 2.26. The van der Waals surface area contributed by atoms with Crippen LogP contribution in [0.5, 0.6) is 5.95 Å². The summed E-state index contributed by atoms with van der Waals surface area (Å²) in [7, 11) is 1.50. The van der Waals surface area contributed by atoms with E-state index < -0.39 is 0 Å². The molecule has 1 aromatic carbocycles. The van der Waals surface area contributed by atoms with Crippen molar-refractivity contribution in [1.29, 1.82) is 0 Å². The second kappa shape index (κ2) is 7.44. The van der Waals surface area contributed by atoms with Crippen LogP contribution in [0.25, 0.3) is 0 Å². The molecule has 1 saturated heterocycles. The van der Waals surface area contributed by atoms with Crippen molar-refractivity contribution in [3.63, 3.8) is 0 Å². The summed E-state index contributed by atoms with van der Waals surface area (Å²) in [6.07, 6.45) is 2.06. The molecule has 4 rings (SSSR count). The summed E-state index contributed by atoms with van der Waals surface area (Å²) in [5.41, 5.74) is 2.94. The molecule has 2 amide bonds. The van der Waals surface area contributed by atoms with Gasteiger partial charge in [0.15, 0.2) is 5.76 Å². The summed E-state index contributed by atoms with van der Waals surface area (Å²) in [5.74, 6) is 0.296. The molecule has 142 valence electrons. The van der Waals surface area contributed by atoms with E-state index in [1.807, 2.05) is 18.2 Å². The minimum atomic E-state index is -0.368. The minimum Gasteiger partial charge on any atom is -0.468 e. The van der Waals surface area contributed by atoms with Crippen molar-refractivity contribution in [2.45, 2.75) is 31.9 Å². The van der Waals surface area contributed by atoms with E-state index in [9.17, 15) is 9.59 Å². The summed E-state index contributed by atoms with van der Waals surface area (Å²) in [4.78, 5) is 26.7. The Kier molecular flexibility index (Phi) is 4.85. The van der Waals surface area contributed by atoms with Crippen molar-refractivity contribution >= 4 is 17.5 Å². The van der Waals surface area contributed by atoms with Gasteiger partial charge < -0.3 is 24.1 Å². The van der Waals surface area contributed by atoms with E-state index in [1.165, 1.54) is 12.7 Å². The fourth-order valence-corrected chi connectivity index (χ4v) is 3.52. The van der Waals surface area contributed by atoms with Crippen LogP contribution < -0.4 is 10.1 Å². The fraction of sp³-hybridized carbons (Fsp3) is 0.400. The number of furan rings is 1. The Hall–Kier alpha value is -2.80. The van der Waals surface area contributed by atoms with E-state index in [2.05, 4.69) is 5.32 Å². The molecule has 3 heterocycles. The van der Waals surface area contributed by atoms with Crippen molar-refractivity contribution in [2.75, 3.05) is 25.6 Å². The van der Waals surface area contributed by atoms with E-state index in [0.29, 0.717) is 25.6 Å². The summed E-state index contributed by atoms with van der Waals surface area (Å²) < 4.78 is 15.8. The Morgan fingerprint density at radius 3 is 2.85 bits per heavy atom. The molecule has 1 N–H and O–H groups in total. The zero-order valence-electron chi connectivity index (χ0n) is 15.2. The van der Waals surface area contributed by atoms with Gasteiger partial charge in [-0.15, -0.1) is 0 Å².